The molecule has 0 N–H and O–H groups in total. The van der Waals surface area contributed by atoms with Crippen molar-refractivity contribution in [2.75, 3.05) is 0 Å². The summed E-state index contributed by atoms with van der Waals surface area (Å²) in [5, 5.41) is 0. The summed E-state index contributed by atoms with van der Waals surface area (Å²) in [6.45, 7) is 0. The van der Waals surface area contributed by atoms with Gasteiger partial charge in [-0.1, -0.05) is 0 Å². The van der Waals surface area contributed by atoms with Gasteiger partial charge in [0.05, 0.1) is 0 Å². The third-order valence-electron chi connectivity index (χ3n) is 3.48. The van der Waals surface area contributed by atoms with Crippen LogP contribution in [0.2, 0.25) is 0 Å². The summed E-state index contributed by atoms with van der Waals surface area (Å²) in [5.74, 6) is 1.72. The van der Waals surface area contributed by atoms with E-state index in [2.05, 4.69) is 0 Å². The lowest BCUT2D eigenvalue weighted by Crippen LogP contribution is -2.11. The highest BCUT2D eigenvalue weighted by molar-refractivity contribution is 4.89. The van der Waals surface area contributed by atoms with E-state index in [1.54, 1.807) is 0 Å². The van der Waals surface area contributed by atoms with Crippen molar-refractivity contribution in [3.8, 4) is 0 Å². The van der Waals surface area contributed by atoms with Crippen molar-refractivity contribution in [2.45, 2.75) is 44.3 Å². The van der Waals surface area contributed by atoms with Crippen molar-refractivity contribution in [1.82, 2.24) is 0 Å². The molecule has 2 nitrogen and oxygen atoms in total. The molecule has 4 rings (SSSR count). The zero-order chi connectivity index (χ0) is 7.31. The molecular formula is C9H14O2. The molecule has 0 aromatic rings. The minimum atomic E-state index is -0.0810. The second-order valence-electron chi connectivity index (χ2n) is 4.37. The highest BCUT2D eigenvalue weighted by Gasteiger charge is 2.54. The monoisotopic (exact) mass is 154 g/mol. The summed E-state index contributed by atoms with van der Waals surface area (Å²) < 4.78 is 0. The van der Waals surface area contributed by atoms with Gasteiger partial charge in [-0.3, -0.25) is 0 Å². The number of rotatable bonds is 0. The molecule has 2 heteroatoms. The fraction of sp³-hybridized carbons (Fsp3) is 1.00. The van der Waals surface area contributed by atoms with E-state index >= 15 is 0 Å². The lowest BCUT2D eigenvalue weighted by Gasteiger charge is -2.21. The van der Waals surface area contributed by atoms with Gasteiger partial charge in [0.1, 0.15) is 0 Å². The Labute approximate surface area is 66.8 Å². The van der Waals surface area contributed by atoms with E-state index < -0.39 is 0 Å². The van der Waals surface area contributed by atoms with E-state index in [0.29, 0.717) is 0 Å². The molecule has 4 fully saturated rings. The lowest BCUT2D eigenvalue weighted by atomic mass is 9.84. The third kappa shape index (κ3) is 1.00. The van der Waals surface area contributed by atoms with Crippen LogP contribution in [0.3, 0.4) is 0 Å². The minimum absolute atomic E-state index is 0.0810. The molecule has 0 aromatic carbocycles. The number of fused-ring (bicyclic) bond motifs is 2. The molecule has 1 heterocycles. The summed E-state index contributed by atoms with van der Waals surface area (Å²) in [5.41, 5.74) is 0. The van der Waals surface area contributed by atoms with Gasteiger partial charge in [0, 0.05) is 12.8 Å². The fourth-order valence-electron chi connectivity index (χ4n) is 2.80. The van der Waals surface area contributed by atoms with Gasteiger partial charge in [-0.25, -0.2) is 0 Å². The summed E-state index contributed by atoms with van der Waals surface area (Å²) in [4.78, 5) is 10.2. The van der Waals surface area contributed by atoms with E-state index in [4.69, 9.17) is 9.78 Å². The third-order valence-corrected chi connectivity index (χ3v) is 3.48. The van der Waals surface area contributed by atoms with Crippen molar-refractivity contribution in [3.05, 3.63) is 0 Å². The normalized spacial score (nSPS) is 45.8. The van der Waals surface area contributed by atoms with Crippen LogP contribution in [-0.4, -0.2) is 5.79 Å². The zero-order valence-electron chi connectivity index (χ0n) is 6.71. The smallest absolute Gasteiger partial charge is 0.195 e. The van der Waals surface area contributed by atoms with Crippen LogP contribution in [0.5, 0.6) is 0 Å². The van der Waals surface area contributed by atoms with Crippen molar-refractivity contribution in [1.29, 1.82) is 0 Å². The Morgan fingerprint density at radius 2 is 1.27 bits per heavy atom. The average molecular weight is 154 g/mol. The summed E-state index contributed by atoms with van der Waals surface area (Å²) in [6.07, 6.45) is 8.00. The Balaban J connectivity index is 1.84. The van der Waals surface area contributed by atoms with Crippen molar-refractivity contribution >= 4 is 0 Å². The molecule has 0 amide bonds. The van der Waals surface area contributed by atoms with Gasteiger partial charge in [0.2, 0.25) is 5.79 Å². The van der Waals surface area contributed by atoms with Crippen molar-refractivity contribution < 1.29 is 9.78 Å². The molecule has 0 radical (unpaired) electrons. The van der Waals surface area contributed by atoms with Crippen LogP contribution in [0.25, 0.3) is 0 Å². The van der Waals surface area contributed by atoms with Crippen LogP contribution in [0.4, 0.5) is 0 Å². The van der Waals surface area contributed by atoms with Crippen LogP contribution in [0.15, 0.2) is 0 Å². The Morgan fingerprint density at radius 3 is 1.64 bits per heavy atom. The maximum atomic E-state index is 5.10. The molecule has 1 aliphatic heterocycles. The Morgan fingerprint density at radius 1 is 0.818 bits per heavy atom. The van der Waals surface area contributed by atoms with Crippen molar-refractivity contribution in [2.24, 2.45) is 11.8 Å². The SMILES string of the molecule is C1CC2CCC1CC1(C2)OO1. The molecule has 11 heavy (non-hydrogen) atoms. The number of hydrogen-bond acceptors (Lipinski definition) is 2. The summed E-state index contributed by atoms with van der Waals surface area (Å²) in [6, 6.07) is 0. The van der Waals surface area contributed by atoms with E-state index in [0.717, 1.165) is 11.8 Å². The first-order chi connectivity index (χ1) is 5.36. The Bertz CT molecular complexity index is 150. The highest BCUT2D eigenvalue weighted by atomic mass is 17.4. The van der Waals surface area contributed by atoms with Gasteiger partial charge in [0.25, 0.3) is 0 Å². The van der Waals surface area contributed by atoms with Crippen LogP contribution in [0.1, 0.15) is 38.5 Å². The molecule has 3 saturated carbocycles. The van der Waals surface area contributed by atoms with Gasteiger partial charge in [-0.05, 0) is 37.5 Å². The molecule has 0 atom stereocenters. The van der Waals surface area contributed by atoms with Crippen LogP contribution in [0, 0.1) is 11.8 Å². The van der Waals surface area contributed by atoms with E-state index in [1.807, 2.05) is 0 Å². The van der Waals surface area contributed by atoms with Gasteiger partial charge in [-0.2, -0.15) is 9.78 Å². The van der Waals surface area contributed by atoms with Gasteiger partial charge >= 0.3 is 0 Å². The van der Waals surface area contributed by atoms with Crippen LogP contribution >= 0.6 is 0 Å². The maximum absolute atomic E-state index is 5.10. The molecule has 62 valence electrons. The van der Waals surface area contributed by atoms with Crippen LogP contribution < -0.4 is 0 Å². The maximum Gasteiger partial charge on any atom is 0.234 e. The van der Waals surface area contributed by atoms with Gasteiger partial charge in [0.15, 0.2) is 0 Å². The molecule has 1 saturated heterocycles. The van der Waals surface area contributed by atoms with Gasteiger partial charge in [-0.15, -0.1) is 0 Å². The number of hydrogen-bond donors (Lipinski definition) is 0. The molecule has 0 aromatic heterocycles. The van der Waals surface area contributed by atoms with E-state index in [9.17, 15) is 0 Å². The first-order valence-electron chi connectivity index (χ1n) is 4.73. The standard InChI is InChI=1S/C9H14O2/c1-2-8-4-3-7(1)5-9(6-8)10-11-9/h7-8H,1-6H2. The average Bonchev–Trinajstić information content (AvgIpc) is 2.80. The van der Waals surface area contributed by atoms with E-state index in [-0.39, 0.29) is 5.79 Å². The molecule has 0 unspecified atom stereocenters. The van der Waals surface area contributed by atoms with Crippen LogP contribution in [-0.2, 0) is 9.78 Å². The molecule has 4 aliphatic rings. The summed E-state index contributed by atoms with van der Waals surface area (Å²) in [7, 11) is 0. The molecular weight excluding hydrogens is 140 g/mol. The summed E-state index contributed by atoms with van der Waals surface area (Å²) >= 11 is 0. The lowest BCUT2D eigenvalue weighted by molar-refractivity contribution is 0.0850. The first-order valence-corrected chi connectivity index (χ1v) is 4.73. The first kappa shape index (κ1) is 6.44. The Hall–Kier alpha value is -0.0800. The minimum Gasteiger partial charge on any atom is -0.195 e. The fourth-order valence-corrected chi connectivity index (χ4v) is 2.80. The van der Waals surface area contributed by atoms with Crippen molar-refractivity contribution in [3.63, 3.8) is 0 Å². The topological polar surface area (TPSA) is 25.1 Å². The molecule has 1 spiro atoms. The van der Waals surface area contributed by atoms with E-state index in [1.165, 1.54) is 38.5 Å². The largest absolute Gasteiger partial charge is 0.234 e. The quantitative estimate of drug-likeness (QED) is 0.395. The second-order valence-corrected chi connectivity index (χ2v) is 4.37. The zero-order valence-corrected chi connectivity index (χ0v) is 6.71. The van der Waals surface area contributed by atoms with Gasteiger partial charge < -0.3 is 0 Å². The molecule has 3 aliphatic carbocycles. The second kappa shape index (κ2) is 1.99. The Kier molecular flexibility index (Phi) is 1.16. The molecule has 2 bridgehead atoms. The highest BCUT2D eigenvalue weighted by Crippen LogP contribution is 2.51. The predicted molar refractivity (Wildman–Crippen MR) is 39.6 cm³/mol. The predicted octanol–water partition coefficient (Wildman–Crippen LogP) is 2.24.